The quantitative estimate of drug-likeness (QED) is 0.692. The van der Waals surface area contributed by atoms with E-state index in [1.54, 1.807) is 0 Å². The molecule has 1 saturated carbocycles. The summed E-state index contributed by atoms with van der Waals surface area (Å²) in [4.78, 5) is 10.2. The van der Waals surface area contributed by atoms with E-state index in [9.17, 15) is 22.4 Å². The highest BCUT2D eigenvalue weighted by molar-refractivity contribution is 5.74. The van der Waals surface area contributed by atoms with Gasteiger partial charge in [-0.15, -0.1) is 0 Å². The first kappa shape index (κ1) is 11.2. The summed E-state index contributed by atoms with van der Waals surface area (Å²) in [5.74, 6) is -6.35. The van der Waals surface area contributed by atoms with Gasteiger partial charge in [0.1, 0.15) is 0 Å². The average molecular weight is 216 g/mol. The Bertz CT molecular complexity index is 249. The molecule has 0 radical (unpaired) electrons. The first-order valence-electron chi connectivity index (χ1n) is 3.82. The van der Waals surface area contributed by atoms with Crippen LogP contribution >= 0.6 is 0 Å². The van der Waals surface area contributed by atoms with E-state index < -0.39 is 42.7 Å². The van der Waals surface area contributed by atoms with Crippen molar-refractivity contribution in [2.24, 2.45) is 5.41 Å². The molecule has 14 heavy (non-hydrogen) atoms. The van der Waals surface area contributed by atoms with Crippen molar-refractivity contribution in [1.29, 1.82) is 0 Å². The molecule has 0 heterocycles. The maximum absolute atomic E-state index is 12.8. The summed E-state index contributed by atoms with van der Waals surface area (Å²) in [6.07, 6.45) is -7.21. The zero-order valence-electron chi connectivity index (χ0n) is 6.88. The second-order valence-corrected chi connectivity index (χ2v) is 3.32. The lowest BCUT2D eigenvalue weighted by Gasteiger charge is -2.27. The molecular formula is C7H8F4O3. The van der Waals surface area contributed by atoms with Crippen molar-refractivity contribution < 1.29 is 32.6 Å². The number of alkyl halides is 4. The molecule has 2 N–H and O–H groups in total. The summed E-state index contributed by atoms with van der Waals surface area (Å²) < 4.78 is 49.5. The third kappa shape index (κ3) is 1.35. The predicted molar refractivity (Wildman–Crippen MR) is 36.3 cm³/mol. The van der Waals surface area contributed by atoms with Gasteiger partial charge in [0.15, 0.2) is 6.10 Å². The van der Waals surface area contributed by atoms with Crippen molar-refractivity contribution >= 4 is 5.97 Å². The summed E-state index contributed by atoms with van der Waals surface area (Å²) in [6.45, 7) is 0. The summed E-state index contributed by atoms with van der Waals surface area (Å²) in [7, 11) is 0. The van der Waals surface area contributed by atoms with Crippen molar-refractivity contribution in [2.45, 2.75) is 31.3 Å². The van der Waals surface area contributed by atoms with Gasteiger partial charge in [-0.3, -0.25) is 0 Å². The van der Waals surface area contributed by atoms with Gasteiger partial charge in [0.2, 0.25) is 0 Å². The first-order valence-corrected chi connectivity index (χ1v) is 3.82. The molecule has 0 bridgehead atoms. The normalized spacial score (nSPS) is 22.1. The number of rotatable bonds is 4. The van der Waals surface area contributed by atoms with E-state index in [0.29, 0.717) is 0 Å². The monoisotopic (exact) mass is 216 g/mol. The molecule has 1 aliphatic rings. The largest absolute Gasteiger partial charge is 0.479 e. The van der Waals surface area contributed by atoms with Gasteiger partial charge in [-0.1, -0.05) is 0 Å². The van der Waals surface area contributed by atoms with Crippen LogP contribution in [0.5, 0.6) is 0 Å². The van der Waals surface area contributed by atoms with Gasteiger partial charge in [-0.2, -0.15) is 8.78 Å². The lowest BCUT2D eigenvalue weighted by Crippen LogP contribution is -2.47. The fraction of sp³-hybridized carbons (Fsp3) is 0.857. The molecule has 7 heteroatoms. The minimum Gasteiger partial charge on any atom is -0.479 e. The lowest BCUT2D eigenvalue weighted by molar-refractivity contribution is -0.207. The summed E-state index contributed by atoms with van der Waals surface area (Å²) in [5.41, 5.74) is -2.48. The second kappa shape index (κ2) is 3.08. The molecule has 1 fully saturated rings. The third-order valence-corrected chi connectivity index (χ3v) is 2.48. The number of hydrogen-bond donors (Lipinski definition) is 2. The number of halogens is 4. The second-order valence-electron chi connectivity index (χ2n) is 3.32. The molecule has 1 rings (SSSR count). The van der Waals surface area contributed by atoms with Gasteiger partial charge in [0.25, 0.3) is 0 Å². The summed E-state index contributed by atoms with van der Waals surface area (Å²) in [6, 6.07) is 0. The van der Waals surface area contributed by atoms with Crippen LogP contribution in [0, 0.1) is 5.41 Å². The molecule has 1 unspecified atom stereocenters. The molecule has 0 amide bonds. The Morgan fingerprint density at radius 1 is 1.36 bits per heavy atom. The van der Waals surface area contributed by atoms with Crippen LogP contribution in [0.25, 0.3) is 0 Å². The standard InChI is InChI=1S/C7H8F4O3/c8-5(9)7(10,11)6(1-2-6)3(12)4(13)14/h3,5,12H,1-2H2,(H,13,14). The molecule has 0 aliphatic heterocycles. The van der Waals surface area contributed by atoms with Crippen LogP contribution in [0.1, 0.15) is 12.8 Å². The Labute approximate surface area is 76.3 Å². The molecule has 82 valence electrons. The van der Waals surface area contributed by atoms with Gasteiger partial charge in [0, 0.05) is 0 Å². The van der Waals surface area contributed by atoms with Crippen molar-refractivity contribution in [3.05, 3.63) is 0 Å². The zero-order chi connectivity index (χ0) is 11.1. The van der Waals surface area contributed by atoms with Gasteiger partial charge < -0.3 is 10.2 Å². The van der Waals surface area contributed by atoms with Crippen molar-refractivity contribution in [2.75, 3.05) is 0 Å². The Balaban J connectivity index is 2.91. The number of aliphatic carboxylic acids is 1. The number of carboxylic acids is 1. The number of carboxylic acid groups (broad SMARTS) is 1. The van der Waals surface area contributed by atoms with Crippen LogP contribution in [0.4, 0.5) is 17.6 Å². The molecule has 1 aliphatic carbocycles. The van der Waals surface area contributed by atoms with Crippen molar-refractivity contribution in [3.8, 4) is 0 Å². The fourth-order valence-corrected chi connectivity index (χ4v) is 1.38. The van der Waals surface area contributed by atoms with Crippen molar-refractivity contribution in [3.63, 3.8) is 0 Å². The average Bonchev–Trinajstić information content (AvgIpc) is 2.82. The van der Waals surface area contributed by atoms with Crippen LogP contribution in [-0.4, -0.2) is 34.6 Å². The Morgan fingerprint density at radius 3 is 2.00 bits per heavy atom. The minimum atomic E-state index is -4.45. The highest BCUT2D eigenvalue weighted by atomic mass is 19.3. The predicted octanol–water partition coefficient (Wildman–Crippen LogP) is 1.11. The molecule has 0 spiro atoms. The summed E-state index contributed by atoms with van der Waals surface area (Å²) >= 11 is 0. The van der Waals surface area contributed by atoms with E-state index in [1.807, 2.05) is 0 Å². The van der Waals surface area contributed by atoms with Gasteiger partial charge in [-0.05, 0) is 12.8 Å². The van der Waals surface area contributed by atoms with E-state index in [2.05, 4.69) is 0 Å². The molecule has 0 aromatic rings. The van der Waals surface area contributed by atoms with Crippen molar-refractivity contribution in [1.82, 2.24) is 0 Å². The maximum atomic E-state index is 12.8. The number of aliphatic hydroxyl groups excluding tert-OH is 1. The Morgan fingerprint density at radius 2 is 1.79 bits per heavy atom. The van der Waals surface area contributed by atoms with E-state index in [0.717, 1.165) is 0 Å². The van der Waals surface area contributed by atoms with E-state index >= 15 is 0 Å². The number of aliphatic hydroxyl groups is 1. The maximum Gasteiger partial charge on any atom is 0.333 e. The minimum absolute atomic E-state index is 0.405. The van der Waals surface area contributed by atoms with Crippen LogP contribution in [0.3, 0.4) is 0 Å². The summed E-state index contributed by atoms with van der Waals surface area (Å²) in [5, 5.41) is 17.2. The topological polar surface area (TPSA) is 57.5 Å². The van der Waals surface area contributed by atoms with Gasteiger partial charge in [-0.25, -0.2) is 13.6 Å². The van der Waals surface area contributed by atoms with Gasteiger partial charge >= 0.3 is 18.3 Å². The van der Waals surface area contributed by atoms with Crippen LogP contribution in [0.15, 0.2) is 0 Å². The zero-order valence-corrected chi connectivity index (χ0v) is 6.88. The molecule has 0 aromatic heterocycles. The van der Waals surface area contributed by atoms with Gasteiger partial charge in [0.05, 0.1) is 5.41 Å². The van der Waals surface area contributed by atoms with E-state index in [1.165, 1.54) is 0 Å². The Kier molecular flexibility index (Phi) is 2.47. The van der Waals surface area contributed by atoms with E-state index in [4.69, 9.17) is 10.2 Å². The van der Waals surface area contributed by atoms with E-state index in [-0.39, 0.29) is 0 Å². The highest BCUT2D eigenvalue weighted by Gasteiger charge is 2.71. The SMILES string of the molecule is O=C(O)C(O)C1(C(F)(F)C(F)F)CC1. The molecule has 0 saturated heterocycles. The van der Waals surface area contributed by atoms with Crippen LogP contribution in [-0.2, 0) is 4.79 Å². The first-order chi connectivity index (χ1) is 6.25. The molecule has 3 nitrogen and oxygen atoms in total. The van der Waals surface area contributed by atoms with Crippen LogP contribution in [0.2, 0.25) is 0 Å². The molecule has 1 atom stereocenters. The number of hydrogen-bond acceptors (Lipinski definition) is 2. The van der Waals surface area contributed by atoms with Crippen LogP contribution < -0.4 is 0 Å². The molecular weight excluding hydrogens is 208 g/mol. The highest BCUT2D eigenvalue weighted by Crippen LogP contribution is 2.61. The molecule has 0 aromatic carbocycles. The smallest absolute Gasteiger partial charge is 0.333 e. The third-order valence-electron chi connectivity index (χ3n) is 2.48. The fourth-order valence-electron chi connectivity index (χ4n) is 1.38. The lowest BCUT2D eigenvalue weighted by atomic mass is 9.91. The number of carbonyl (C=O) groups is 1. The Hall–Kier alpha value is -0.850.